The predicted molar refractivity (Wildman–Crippen MR) is 117 cm³/mol. The number of carbonyl (C=O) groups excluding carboxylic acids is 1. The smallest absolute Gasteiger partial charge is 0.222 e. The monoisotopic (exact) mass is 408 g/mol. The minimum Gasteiger partial charge on any atom is -0.494 e. The van der Waals surface area contributed by atoms with Crippen LogP contribution in [0.25, 0.3) is 0 Å². The first-order valence-electron chi connectivity index (χ1n) is 10.9. The Morgan fingerprint density at radius 3 is 2.46 bits per heavy atom. The molecule has 0 saturated carbocycles. The summed E-state index contributed by atoms with van der Waals surface area (Å²) in [6.45, 7) is 9.08. The van der Waals surface area contributed by atoms with Crippen molar-refractivity contribution in [3.8, 4) is 5.75 Å². The van der Waals surface area contributed by atoms with Gasteiger partial charge in [0.15, 0.2) is 0 Å². The zero-order chi connectivity index (χ0) is 19.1. The molecular formula is C23H37ClN2O2. The first-order valence-corrected chi connectivity index (χ1v) is 10.9. The molecule has 0 radical (unpaired) electrons. The summed E-state index contributed by atoms with van der Waals surface area (Å²) in [6.07, 6.45) is 7.61. The number of nitrogens with zero attached hydrogens (tertiary/aromatic N) is 1. The van der Waals surface area contributed by atoms with Crippen LogP contribution >= 0.6 is 12.4 Å². The van der Waals surface area contributed by atoms with Crippen LogP contribution in [-0.2, 0) is 11.2 Å². The first-order chi connectivity index (χ1) is 13.2. The van der Waals surface area contributed by atoms with E-state index in [1.807, 2.05) is 6.92 Å². The number of carbonyl (C=O) groups is 1. The van der Waals surface area contributed by atoms with E-state index in [2.05, 4.69) is 35.3 Å². The predicted octanol–water partition coefficient (Wildman–Crippen LogP) is 4.38. The van der Waals surface area contributed by atoms with Gasteiger partial charge in [-0.25, -0.2) is 0 Å². The highest BCUT2D eigenvalue weighted by Crippen LogP contribution is 2.31. The topological polar surface area (TPSA) is 41.6 Å². The third kappa shape index (κ3) is 6.38. The lowest BCUT2D eigenvalue weighted by molar-refractivity contribution is -0.133. The molecule has 158 valence electrons. The Hall–Kier alpha value is -1.26. The lowest BCUT2D eigenvalue weighted by Crippen LogP contribution is -2.41. The van der Waals surface area contributed by atoms with Crippen LogP contribution in [0.15, 0.2) is 18.2 Å². The second-order valence-electron chi connectivity index (χ2n) is 8.19. The van der Waals surface area contributed by atoms with Crippen LogP contribution in [0, 0.1) is 18.8 Å². The number of benzene rings is 1. The van der Waals surface area contributed by atoms with Gasteiger partial charge in [0.05, 0.1) is 6.61 Å². The zero-order valence-electron chi connectivity index (χ0n) is 17.5. The Morgan fingerprint density at radius 2 is 1.82 bits per heavy atom. The van der Waals surface area contributed by atoms with E-state index in [0.29, 0.717) is 18.9 Å². The number of aryl methyl sites for hydroxylation is 2. The Labute approximate surface area is 176 Å². The van der Waals surface area contributed by atoms with Gasteiger partial charge in [-0.1, -0.05) is 12.1 Å². The number of piperidine rings is 2. The number of nitrogens with one attached hydrogen (secondary N) is 1. The minimum absolute atomic E-state index is 0. The van der Waals surface area contributed by atoms with E-state index in [0.717, 1.165) is 43.5 Å². The number of likely N-dealkylation sites (tertiary alicyclic amines) is 1. The molecule has 1 amide bonds. The molecular weight excluding hydrogens is 372 g/mol. The van der Waals surface area contributed by atoms with Crippen molar-refractivity contribution in [3.05, 3.63) is 29.3 Å². The number of rotatable bonds is 7. The summed E-state index contributed by atoms with van der Waals surface area (Å²) in [6, 6.07) is 6.38. The third-order valence-electron chi connectivity index (χ3n) is 6.34. The lowest BCUT2D eigenvalue weighted by Gasteiger charge is -2.37. The molecule has 2 aliphatic rings. The second kappa shape index (κ2) is 11.7. The number of hydrogen-bond donors (Lipinski definition) is 1. The van der Waals surface area contributed by atoms with Crippen molar-refractivity contribution in [3.63, 3.8) is 0 Å². The van der Waals surface area contributed by atoms with Gasteiger partial charge in [-0.05, 0) is 94.5 Å². The fourth-order valence-corrected chi connectivity index (χ4v) is 4.72. The van der Waals surface area contributed by atoms with Crippen LogP contribution in [0.3, 0.4) is 0 Å². The van der Waals surface area contributed by atoms with Gasteiger partial charge >= 0.3 is 0 Å². The Kier molecular flexibility index (Phi) is 9.60. The molecule has 4 nitrogen and oxygen atoms in total. The lowest BCUT2D eigenvalue weighted by atomic mass is 9.79. The van der Waals surface area contributed by atoms with Crippen molar-refractivity contribution in [2.75, 3.05) is 32.8 Å². The van der Waals surface area contributed by atoms with Gasteiger partial charge < -0.3 is 15.0 Å². The molecule has 2 saturated heterocycles. The fraction of sp³-hybridized carbons (Fsp3) is 0.696. The molecule has 1 aromatic carbocycles. The highest BCUT2D eigenvalue weighted by atomic mass is 35.5. The Balaban J connectivity index is 0.00000280. The average molecular weight is 409 g/mol. The summed E-state index contributed by atoms with van der Waals surface area (Å²) in [7, 11) is 0. The maximum Gasteiger partial charge on any atom is 0.222 e. The van der Waals surface area contributed by atoms with Crippen LogP contribution in [0.2, 0.25) is 0 Å². The molecule has 0 spiro atoms. The first kappa shape index (κ1) is 23.0. The number of hydrogen-bond acceptors (Lipinski definition) is 3. The van der Waals surface area contributed by atoms with Crippen molar-refractivity contribution in [1.29, 1.82) is 0 Å². The molecule has 0 unspecified atom stereocenters. The van der Waals surface area contributed by atoms with Crippen molar-refractivity contribution in [2.24, 2.45) is 11.8 Å². The molecule has 1 aromatic rings. The van der Waals surface area contributed by atoms with Crippen molar-refractivity contribution < 1.29 is 9.53 Å². The molecule has 0 bridgehead atoms. The van der Waals surface area contributed by atoms with Gasteiger partial charge in [0.1, 0.15) is 5.75 Å². The molecule has 3 rings (SSSR count). The largest absolute Gasteiger partial charge is 0.494 e. The molecule has 2 heterocycles. The second-order valence-corrected chi connectivity index (χ2v) is 8.19. The molecule has 0 aliphatic carbocycles. The van der Waals surface area contributed by atoms with Gasteiger partial charge in [0.25, 0.3) is 0 Å². The third-order valence-corrected chi connectivity index (χ3v) is 6.34. The summed E-state index contributed by atoms with van der Waals surface area (Å²) >= 11 is 0. The van der Waals surface area contributed by atoms with Crippen molar-refractivity contribution in [2.45, 2.75) is 58.8 Å². The zero-order valence-corrected chi connectivity index (χ0v) is 18.4. The molecule has 2 aliphatic heterocycles. The van der Waals surface area contributed by atoms with E-state index >= 15 is 0 Å². The maximum atomic E-state index is 12.6. The molecule has 1 N–H and O–H groups in total. The summed E-state index contributed by atoms with van der Waals surface area (Å²) in [5, 5.41) is 3.46. The van der Waals surface area contributed by atoms with Crippen LogP contribution < -0.4 is 10.1 Å². The van der Waals surface area contributed by atoms with Crippen LogP contribution in [0.1, 0.15) is 56.6 Å². The van der Waals surface area contributed by atoms with E-state index < -0.39 is 0 Å². The Morgan fingerprint density at radius 1 is 1.14 bits per heavy atom. The molecule has 0 aromatic heterocycles. The number of ether oxygens (including phenoxy) is 1. The normalized spacial score (nSPS) is 18.6. The summed E-state index contributed by atoms with van der Waals surface area (Å²) in [4.78, 5) is 14.7. The SMILES string of the molecule is CCOc1ccc(CCCC(=O)N2CCC(C3CCNCC3)CC2)cc1C.Cl. The maximum absolute atomic E-state index is 12.6. The fourth-order valence-electron chi connectivity index (χ4n) is 4.72. The highest BCUT2D eigenvalue weighted by molar-refractivity contribution is 5.85. The molecule has 0 atom stereocenters. The van der Waals surface area contributed by atoms with Crippen molar-refractivity contribution in [1.82, 2.24) is 10.2 Å². The van der Waals surface area contributed by atoms with Gasteiger partial charge in [-0.15, -0.1) is 12.4 Å². The van der Waals surface area contributed by atoms with Crippen LogP contribution in [0.4, 0.5) is 0 Å². The van der Waals surface area contributed by atoms with E-state index in [1.54, 1.807) is 0 Å². The van der Waals surface area contributed by atoms with Gasteiger partial charge in [-0.3, -0.25) is 4.79 Å². The van der Waals surface area contributed by atoms with Gasteiger partial charge in [-0.2, -0.15) is 0 Å². The molecule has 2 fully saturated rings. The Bertz CT molecular complexity index is 609. The summed E-state index contributed by atoms with van der Waals surface area (Å²) < 4.78 is 5.60. The van der Waals surface area contributed by atoms with Crippen molar-refractivity contribution >= 4 is 18.3 Å². The van der Waals surface area contributed by atoms with Gasteiger partial charge in [0.2, 0.25) is 5.91 Å². The summed E-state index contributed by atoms with van der Waals surface area (Å²) in [5.41, 5.74) is 2.48. The number of halogens is 1. The minimum atomic E-state index is 0. The van der Waals surface area contributed by atoms with E-state index in [1.165, 1.54) is 49.9 Å². The van der Waals surface area contributed by atoms with Gasteiger partial charge in [0, 0.05) is 19.5 Å². The standard InChI is InChI=1S/C23H36N2O2.ClH/c1-3-27-22-8-7-19(17-18(22)2)5-4-6-23(26)25-15-11-21(12-16-25)20-9-13-24-14-10-20;/h7-8,17,20-21,24H,3-6,9-16H2,1-2H3;1H. The average Bonchev–Trinajstić information content (AvgIpc) is 2.71. The van der Waals surface area contributed by atoms with E-state index in [4.69, 9.17) is 4.74 Å². The molecule has 28 heavy (non-hydrogen) atoms. The van der Waals surface area contributed by atoms with E-state index in [-0.39, 0.29) is 12.4 Å². The van der Waals surface area contributed by atoms with Crippen LogP contribution in [-0.4, -0.2) is 43.6 Å². The highest BCUT2D eigenvalue weighted by Gasteiger charge is 2.28. The number of amides is 1. The van der Waals surface area contributed by atoms with E-state index in [9.17, 15) is 4.79 Å². The van der Waals surface area contributed by atoms with Crippen LogP contribution in [0.5, 0.6) is 5.75 Å². The quantitative estimate of drug-likeness (QED) is 0.728. The summed E-state index contributed by atoms with van der Waals surface area (Å²) in [5.74, 6) is 3.03. The molecule has 5 heteroatoms.